The number of nitrogens with one attached hydrogen (secondary N) is 1. The van der Waals surface area contributed by atoms with Crippen LogP contribution < -0.4 is 16.2 Å². The van der Waals surface area contributed by atoms with Crippen LogP contribution in [-0.4, -0.2) is 7.28 Å². The molecule has 1 heterocycles. The summed E-state index contributed by atoms with van der Waals surface area (Å²) in [5, 5.41) is 3.93. The Balaban J connectivity index is 1.31. The summed E-state index contributed by atoms with van der Waals surface area (Å²) in [5.41, 5.74) is 18.8. The zero-order chi connectivity index (χ0) is 33.3. The number of hydrogen-bond acceptors (Lipinski definition) is 1. The Morgan fingerprint density at radius 2 is 0.580 bits per heavy atom. The third-order valence-corrected chi connectivity index (χ3v) is 9.73. The molecule has 0 spiro atoms. The molecular weight excluding hydrogens is 601 g/mol. The molecule has 1 aliphatic heterocycles. The van der Waals surface area contributed by atoms with E-state index >= 15 is 0 Å². The van der Waals surface area contributed by atoms with Gasteiger partial charge in [-0.05, 0) is 79.9 Å². The second kappa shape index (κ2) is 12.9. The molecule has 1 aliphatic rings. The minimum absolute atomic E-state index is 1.07. The molecule has 1 nitrogen and oxygen atoms in total. The minimum Gasteiger partial charge on any atom is -0.355 e. The van der Waals surface area contributed by atoms with E-state index in [0.717, 1.165) is 22.5 Å². The van der Waals surface area contributed by atoms with Crippen LogP contribution in [0.3, 0.4) is 0 Å². The lowest BCUT2D eigenvalue weighted by Gasteiger charge is -2.24. The zero-order valence-corrected chi connectivity index (χ0v) is 27.6. The molecule has 0 bridgehead atoms. The lowest BCUT2D eigenvalue weighted by Crippen LogP contribution is -2.31. The molecule has 8 aromatic carbocycles. The fourth-order valence-corrected chi connectivity index (χ4v) is 7.16. The van der Waals surface area contributed by atoms with Crippen LogP contribution in [0.25, 0.3) is 66.8 Å². The minimum atomic E-state index is 1.07. The highest BCUT2D eigenvalue weighted by atomic mass is 14.9. The molecule has 9 rings (SSSR count). The van der Waals surface area contributed by atoms with Crippen LogP contribution in [-0.2, 0) is 0 Å². The van der Waals surface area contributed by atoms with Crippen LogP contribution >= 0.6 is 0 Å². The van der Waals surface area contributed by atoms with E-state index in [1.54, 1.807) is 0 Å². The summed E-state index contributed by atoms with van der Waals surface area (Å²) in [4.78, 5) is 0. The Bertz CT molecular complexity index is 2280. The number of rotatable bonds is 4. The molecule has 0 fully saturated rings. The van der Waals surface area contributed by atoms with Crippen molar-refractivity contribution in [2.24, 2.45) is 0 Å². The molecule has 233 valence electrons. The van der Waals surface area contributed by atoms with E-state index < -0.39 is 0 Å². The predicted molar refractivity (Wildman–Crippen MR) is 214 cm³/mol. The average molecular weight is 635 g/mol. The van der Waals surface area contributed by atoms with Gasteiger partial charge in [0.25, 0.3) is 0 Å². The fraction of sp³-hybridized carbons (Fsp3) is 0. The van der Waals surface area contributed by atoms with E-state index in [1.165, 1.54) is 66.6 Å². The largest absolute Gasteiger partial charge is 0.355 e. The molecule has 1 N–H and O–H groups in total. The Morgan fingerprint density at radius 1 is 0.260 bits per heavy atom. The molecule has 0 atom stereocenters. The number of fused-ring (bicyclic) bond motifs is 6. The first-order chi connectivity index (χ1) is 24.8. The van der Waals surface area contributed by atoms with Crippen LogP contribution in [0.5, 0.6) is 0 Å². The normalized spacial score (nSPS) is 11.5. The van der Waals surface area contributed by atoms with Crippen molar-refractivity contribution in [2.45, 2.75) is 0 Å². The summed E-state index contributed by atoms with van der Waals surface area (Å²) < 4.78 is 0. The van der Waals surface area contributed by atoms with Crippen molar-refractivity contribution in [2.75, 3.05) is 5.32 Å². The topological polar surface area (TPSA) is 12.0 Å². The molecule has 0 saturated heterocycles. The monoisotopic (exact) mass is 634 g/mol. The second-order valence-corrected chi connectivity index (χ2v) is 12.9. The van der Waals surface area contributed by atoms with Crippen molar-refractivity contribution in [1.82, 2.24) is 0 Å². The predicted octanol–water partition coefficient (Wildman–Crippen LogP) is 11.4. The summed E-state index contributed by atoms with van der Waals surface area (Å²) in [7, 11) is 2.40. The van der Waals surface area contributed by atoms with E-state index in [9.17, 15) is 0 Å². The smallest absolute Gasteiger partial charge is 0.193 e. The highest BCUT2D eigenvalue weighted by Crippen LogP contribution is 2.40. The Kier molecular flexibility index (Phi) is 7.68. The molecule has 0 amide bonds. The van der Waals surface area contributed by atoms with E-state index in [0.29, 0.717) is 0 Å². The van der Waals surface area contributed by atoms with Gasteiger partial charge in [-0.2, -0.15) is 0 Å². The Morgan fingerprint density at radius 3 is 0.940 bits per heavy atom. The summed E-state index contributed by atoms with van der Waals surface area (Å²) in [6.45, 7) is 0. The maximum absolute atomic E-state index is 3.93. The van der Waals surface area contributed by atoms with Gasteiger partial charge < -0.3 is 5.32 Å². The van der Waals surface area contributed by atoms with Gasteiger partial charge in [0.15, 0.2) is 7.28 Å². The third-order valence-electron chi connectivity index (χ3n) is 9.73. The van der Waals surface area contributed by atoms with Crippen LogP contribution in [0.2, 0.25) is 0 Å². The molecule has 1 radical (unpaired) electrons. The van der Waals surface area contributed by atoms with Gasteiger partial charge in [-0.1, -0.05) is 181 Å². The van der Waals surface area contributed by atoms with E-state index in [-0.39, 0.29) is 0 Å². The molecule has 0 aliphatic carbocycles. The first kappa shape index (κ1) is 29.7. The maximum Gasteiger partial charge on any atom is 0.193 e. The third kappa shape index (κ3) is 5.72. The molecule has 2 heteroatoms. The second-order valence-electron chi connectivity index (χ2n) is 12.9. The summed E-state index contributed by atoms with van der Waals surface area (Å²) in [6.07, 6.45) is 0. The molecule has 50 heavy (non-hydrogen) atoms. The highest BCUT2D eigenvalue weighted by Gasteiger charge is 2.21. The van der Waals surface area contributed by atoms with Crippen molar-refractivity contribution in [3.63, 3.8) is 0 Å². The maximum atomic E-state index is 3.93. The molecule has 0 saturated carbocycles. The van der Waals surface area contributed by atoms with Crippen LogP contribution in [0, 0.1) is 0 Å². The highest BCUT2D eigenvalue weighted by molar-refractivity contribution is 6.70. The van der Waals surface area contributed by atoms with E-state index in [4.69, 9.17) is 0 Å². The van der Waals surface area contributed by atoms with Crippen LogP contribution in [0.1, 0.15) is 0 Å². The van der Waals surface area contributed by atoms with Crippen molar-refractivity contribution in [3.05, 3.63) is 194 Å². The van der Waals surface area contributed by atoms with Crippen LogP contribution in [0.15, 0.2) is 194 Å². The molecule has 0 aromatic heterocycles. The lowest BCUT2D eigenvalue weighted by molar-refractivity contribution is 1.51. The van der Waals surface area contributed by atoms with Crippen molar-refractivity contribution >= 4 is 29.6 Å². The first-order valence-corrected chi connectivity index (χ1v) is 17.2. The van der Waals surface area contributed by atoms with Gasteiger partial charge in [0.05, 0.1) is 0 Å². The van der Waals surface area contributed by atoms with Gasteiger partial charge in [0.2, 0.25) is 0 Å². The Labute approximate surface area is 294 Å². The lowest BCUT2D eigenvalue weighted by atomic mass is 9.58. The fourth-order valence-electron chi connectivity index (χ4n) is 7.16. The van der Waals surface area contributed by atoms with Gasteiger partial charge in [-0.15, -0.1) is 0 Å². The van der Waals surface area contributed by atoms with Crippen LogP contribution in [0.4, 0.5) is 11.4 Å². The standard InChI is InChI=1S/C48H33BN/c1-5-13-33(14-6-1)37-23-27-47-43(29-37)41-25-21-39(35-17-9-3-10-18-35)31-45(41)49-46-32-40(36-19-11-4-12-20-36)22-26-42(46)44-30-38(24-28-48(44)50-47)34-15-7-2-8-16-34/h1-32,50H. The van der Waals surface area contributed by atoms with E-state index in [1.807, 2.05) is 0 Å². The van der Waals surface area contributed by atoms with E-state index in [2.05, 4.69) is 207 Å². The van der Waals surface area contributed by atoms with Crippen molar-refractivity contribution in [3.8, 4) is 66.8 Å². The van der Waals surface area contributed by atoms with Gasteiger partial charge in [-0.3, -0.25) is 0 Å². The molecular formula is C48H33BN. The summed E-state index contributed by atoms with van der Waals surface area (Å²) >= 11 is 0. The van der Waals surface area contributed by atoms with Gasteiger partial charge in [0.1, 0.15) is 0 Å². The molecule has 0 unspecified atom stereocenters. The van der Waals surface area contributed by atoms with Gasteiger partial charge in [0, 0.05) is 22.5 Å². The van der Waals surface area contributed by atoms with Crippen molar-refractivity contribution < 1.29 is 0 Å². The van der Waals surface area contributed by atoms with Crippen molar-refractivity contribution in [1.29, 1.82) is 0 Å². The quantitative estimate of drug-likeness (QED) is 0.190. The number of hydrogen-bond donors (Lipinski definition) is 1. The average Bonchev–Trinajstić information content (AvgIpc) is 3.19. The van der Waals surface area contributed by atoms with Gasteiger partial charge in [-0.25, -0.2) is 0 Å². The number of benzene rings is 8. The summed E-state index contributed by atoms with van der Waals surface area (Å²) in [5.74, 6) is 0. The SMILES string of the molecule is [B]1c2cc(-c3ccccc3)ccc2-c2cc(-c3ccccc3)ccc2Nc2ccc(-c3ccccc3)cc2-c2ccc(-c3ccccc3)cc21. The summed E-state index contributed by atoms with van der Waals surface area (Å²) in [6, 6.07) is 70.1. The Hall–Kier alpha value is -6.38. The van der Waals surface area contributed by atoms with Gasteiger partial charge >= 0.3 is 0 Å². The molecule has 8 aromatic rings. The number of anilines is 2. The zero-order valence-electron chi connectivity index (χ0n) is 27.6. The first-order valence-electron chi connectivity index (χ1n) is 17.2.